The Labute approximate surface area is 200 Å². The molecule has 0 spiro atoms. The first-order valence-corrected chi connectivity index (χ1v) is 13.0. The number of imidazole rings is 1. The van der Waals surface area contributed by atoms with Crippen LogP contribution in [0.25, 0.3) is 16.2 Å². The number of aromatic nitrogens is 2. The van der Waals surface area contributed by atoms with Gasteiger partial charge in [0.25, 0.3) is 0 Å². The van der Waals surface area contributed by atoms with Crippen LogP contribution in [0.3, 0.4) is 0 Å². The van der Waals surface area contributed by atoms with Crippen LogP contribution in [0.1, 0.15) is 49.1 Å². The van der Waals surface area contributed by atoms with Crippen molar-refractivity contribution in [2.75, 3.05) is 33.3 Å². The highest BCUT2D eigenvalue weighted by atomic mass is 32.1. The van der Waals surface area contributed by atoms with Crippen molar-refractivity contribution in [3.05, 3.63) is 41.0 Å². The summed E-state index contributed by atoms with van der Waals surface area (Å²) < 4.78 is 7.69. The highest BCUT2D eigenvalue weighted by Gasteiger charge is 2.25. The topological polar surface area (TPSA) is 50.1 Å². The molecule has 2 aromatic heterocycles. The number of nitrogens with zero attached hydrogens (tertiary/aromatic N) is 4. The second kappa shape index (κ2) is 9.85. The number of amides is 1. The molecule has 5 rings (SSSR count). The van der Waals surface area contributed by atoms with Gasteiger partial charge in [-0.2, -0.15) is 0 Å². The molecule has 33 heavy (non-hydrogen) atoms. The van der Waals surface area contributed by atoms with Crippen LogP contribution in [-0.2, 0) is 11.3 Å². The Morgan fingerprint density at radius 1 is 1.18 bits per heavy atom. The molecule has 1 amide bonds. The molecule has 2 aliphatic rings. The molecule has 6 nitrogen and oxygen atoms in total. The normalized spacial score (nSPS) is 17.8. The number of aryl methyl sites for hydroxylation is 1. The summed E-state index contributed by atoms with van der Waals surface area (Å²) in [6, 6.07) is 8.15. The second-order valence-electron chi connectivity index (χ2n) is 9.48. The van der Waals surface area contributed by atoms with Gasteiger partial charge in [0.05, 0.1) is 18.5 Å². The van der Waals surface area contributed by atoms with Crippen LogP contribution in [-0.4, -0.2) is 58.4 Å². The third-order valence-corrected chi connectivity index (χ3v) is 8.12. The summed E-state index contributed by atoms with van der Waals surface area (Å²) >= 11 is 1.72. The van der Waals surface area contributed by atoms with E-state index >= 15 is 0 Å². The first kappa shape index (κ1) is 22.4. The highest BCUT2D eigenvalue weighted by molar-refractivity contribution is 7.17. The van der Waals surface area contributed by atoms with E-state index in [4.69, 9.17) is 9.72 Å². The Hall–Kier alpha value is -2.38. The summed E-state index contributed by atoms with van der Waals surface area (Å²) in [5.41, 5.74) is 3.32. The summed E-state index contributed by atoms with van der Waals surface area (Å²) in [5, 5.41) is 0. The quantitative estimate of drug-likeness (QED) is 0.492. The van der Waals surface area contributed by atoms with E-state index in [1.807, 2.05) is 12.1 Å². The lowest BCUT2D eigenvalue weighted by atomic mass is 10.0. The Morgan fingerprint density at radius 3 is 2.73 bits per heavy atom. The van der Waals surface area contributed by atoms with Gasteiger partial charge in [0.1, 0.15) is 5.75 Å². The summed E-state index contributed by atoms with van der Waals surface area (Å²) in [5.74, 6) is 1.97. The third kappa shape index (κ3) is 4.94. The van der Waals surface area contributed by atoms with Crippen LogP contribution in [0.5, 0.6) is 5.75 Å². The molecule has 1 aliphatic carbocycles. The molecule has 0 N–H and O–H groups in total. The molecule has 1 saturated carbocycles. The maximum Gasteiger partial charge on any atom is 0.222 e. The van der Waals surface area contributed by atoms with E-state index in [2.05, 4.69) is 39.5 Å². The van der Waals surface area contributed by atoms with Crippen LogP contribution in [0.2, 0.25) is 0 Å². The van der Waals surface area contributed by atoms with E-state index in [0.29, 0.717) is 5.91 Å². The van der Waals surface area contributed by atoms with E-state index in [1.54, 1.807) is 18.4 Å². The van der Waals surface area contributed by atoms with Crippen LogP contribution in [0.15, 0.2) is 30.5 Å². The van der Waals surface area contributed by atoms with E-state index in [1.165, 1.54) is 36.3 Å². The van der Waals surface area contributed by atoms with E-state index in [9.17, 15) is 4.79 Å². The molecule has 1 saturated heterocycles. The van der Waals surface area contributed by atoms with Crippen LogP contribution >= 0.6 is 11.3 Å². The fraction of sp³-hybridized carbons (Fsp3) is 0.538. The van der Waals surface area contributed by atoms with Gasteiger partial charge in [0, 0.05) is 55.8 Å². The zero-order valence-corrected chi connectivity index (χ0v) is 20.6. The number of carbonyl (C=O) groups is 1. The smallest absolute Gasteiger partial charge is 0.222 e. The van der Waals surface area contributed by atoms with Crippen molar-refractivity contribution in [1.29, 1.82) is 0 Å². The number of fused-ring (bicyclic) bond motifs is 1. The van der Waals surface area contributed by atoms with Gasteiger partial charge in [-0.05, 0) is 31.4 Å². The number of piperazine rings is 1. The third-order valence-electron chi connectivity index (χ3n) is 7.22. The number of methoxy groups -OCH3 is 1. The van der Waals surface area contributed by atoms with Gasteiger partial charge in [0.15, 0.2) is 4.96 Å². The van der Waals surface area contributed by atoms with E-state index in [0.717, 1.165) is 73.5 Å². The Bertz CT molecular complexity index is 1110. The van der Waals surface area contributed by atoms with Gasteiger partial charge in [-0.1, -0.05) is 37.8 Å². The van der Waals surface area contributed by atoms with Gasteiger partial charge in [-0.3, -0.25) is 14.1 Å². The zero-order valence-electron chi connectivity index (χ0n) is 19.8. The number of thiazole rings is 1. The molecular formula is C26H34N4O2S. The van der Waals surface area contributed by atoms with Gasteiger partial charge in [-0.25, -0.2) is 4.98 Å². The van der Waals surface area contributed by atoms with Crippen molar-refractivity contribution in [2.45, 2.75) is 52.0 Å². The highest BCUT2D eigenvalue weighted by Crippen LogP contribution is 2.32. The number of rotatable bonds is 7. The minimum absolute atomic E-state index is 0.346. The maximum atomic E-state index is 12.7. The van der Waals surface area contributed by atoms with Gasteiger partial charge in [0.2, 0.25) is 5.91 Å². The first-order valence-electron chi connectivity index (χ1n) is 12.2. The average Bonchev–Trinajstić information content (AvgIpc) is 3.56. The molecule has 0 unspecified atom stereocenters. The molecule has 1 aromatic carbocycles. The standard InChI is InChI=1S/C26H34N4O2S/c1-19-17-30-23(25(27-26(30)33-19)21-8-5-9-22(16-21)32-2)18-28-12-14-29(15-13-28)24(31)11-10-20-6-3-4-7-20/h5,8-9,16-17,20H,3-4,6-7,10-15,18H2,1-2H3. The number of hydrogen-bond acceptors (Lipinski definition) is 5. The van der Waals surface area contributed by atoms with E-state index < -0.39 is 0 Å². The zero-order chi connectivity index (χ0) is 22.8. The lowest BCUT2D eigenvalue weighted by Gasteiger charge is -2.35. The molecular weight excluding hydrogens is 432 g/mol. The number of benzene rings is 1. The number of ether oxygens (including phenoxy) is 1. The van der Waals surface area contributed by atoms with Crippen LogP contribution < -0.4 is 4.74 Å². The molecule has 7 heteroatoms. The molecule has 3 aromatic rings. The summed E-state index contributed by atoms with van der Waals surface area (Å²) in [7, 11) is 1.70. The molecule has 1 aliphatic heterocycles. The molecule has 0 bridgehead atoms. The fourth-order valence-corrected chi connectivity index (χ4v) is 6.15. The maximum absolute atomic E-state index is 12.7. The van der Waals surface area contributed by atoms with E-state index in [-0.39, 0.29) is 0 Å². The van der Waals surface area contributed by atoms with Gasteiger partial charge in [-0.15, -0.1) is 11.3 Å². The van der Waals surface area contributed by atoms with Gasteiger partial charge < -0.3 is 9.64 Å². The lowest BCUT2D eigenvalue weighted by molar-refractivity contribution is -0.133. The Balaban J connectivity index is 1.27. The number of hydrogen-bond donors (Lipinski definition) is 0. The van der Waals surface area contributed by atoms with Gasteiger partial charge >= 0.3 is 0 Å². The molecule has 3 heterocycles. The predicted molar refractivity (Wildman–Crippen MR) is 133 cm³/mol. The molecule has 0 radical (unpaired) electrons. The first-order chi connectivity index (χ1) is 16.1. The Kier molecular flexibility index (Phi) is 6.69. The molecule has 176 valence electrons. The SMILES string of the molecule is COc1cccc(-c2nc3sc(C)cn3c2CN2CCN(C(=O)CCC3CCCC3)CC2)c1. The second-order valence-corrected chi connectivity index (χ2v) is 10.7. The number of carbonyl (C=O) groups excluding carboxylic acids is 1. The van der Waals surface area contributed by atoms with Crippen molar-refractivity contribution in [1.82, 2.24) is 19.2 Å². The lowest BCUT2D eigenvalue weighted by Crippen LogP contribution is -2.48. The molecule has 0 atom stereocenters. The van der Waals surface area contributed by atoms with Crippen molar-refractivity contribution in [3.63, 3.8) is 0 Å². The molecule has 2 fully saturated rings. The van der Waals surface area contributed by atoms with Crippen molar-refractivity contribution < 1.29 is 9.53 Å². The summed E-state index contributed by atoms with van der Waals surface area (Å²) in [6.45, 7) is 6.41. The predicted octanol–water partition coefficient (Wildman–Crippen LogP) is 4.99. The largest absolute Gasteiger partial charge is 0.497 e. The van der Waals surface area contributed by atoms with Crippen molar-refractivity contribution in [3.8, 4) is 17.0 Å². The monoisotopic (exact) mass is 466 g/mol. The summed E-state index contributed by atoms with van der Waals surface area (Å²) in [6.07, 6.45) is 9.32. The Morgan fingerprint density at radius 2 is 1.97 bits per heavy atom. The van der Waals surface area contributed by atoms with Crippen LogP contribution in [0, 0.1) is 12.8 Å². The minimum atomic E-state index is 0.346. The average molecular weight is 467 g/mol. The summed E-state index contributed by atoms with van der Waals surface area (Å²) in [4.78, 5) is 24.5. The van der Waals surface area contributed by atoms with Crippen molar-refractivity contribution >= 4 is 22.2 Å². The minimum Gasteiger partial charge on any atom is -0.497 e. The van der Waals surface area contributed by atoms with Crippen LogP contribution in [0.4, 0.5) is 0 Å². The fourth-order valence-electron chi connectivity index (χ4n) is 5.31. The van der Waals surface area contributed by atoms with Crippen molar-refractivity contribution in [2.24, 2.45) is 5.92 Å².